The number of hydrogen-bond acceptors (Lipinski definition) is 3. The molecule has 1 unspecified atom stereocenters. The molecule has 2 aromatic rings. The fourth-order valence-corrected chi connectivity index (χ4v) is 2.81. The van der Waals surface area contributed by atoms with E-state index in [1.165, 1.54) is 0 Å². The third-order valence-corrected chi connectivity index (χ3v) is 3.70. The van der Waals surface area contributed by atoms with Gasteiger partial charge in [-0.25, -0.2) is 4.79 Å². The maximum atomic E-state index is 11.9. The Morgan fingerprint density at radius 2 is 2.33 bits per heavy atom. The number of hydrogen-bond donors (Lipinski definition) is 2. The molecule has 1 fully saturated rings. The number of likely N-dealkylation sites (tertiary alicyclic amines) is 1. The van der Waals surface area contributed by atoms with Crippen LogP contribution in [0.3, 0.4) is 0 Å². The Kier molecular flexibility index (Phi) is 2.63. The minimum absolute atomic E-state index is 0.138. The summed E-state index contributed by atoms with van der Waals surface area (Å²) in [6.07, 6.45) is 1.10. The van der Waals surface area contributed by atoms with Gasteiger partial charge in [0.1, 0.15) is 11.3 Å². The number of aromatic nitrogens is 2. The number of phenolic OH excluding ortho intramolecular Hbond substituents is 1. The number of aromatic hydroxyl groups is 1. The van der Waals surface area contributed by atoms with Gasteiger partial charge in [0, 0.05) is 13.1 Å². The summed E-state index contributed by atoms with van der Waals surface area (Å²) in [5.41, 5.74) is 1.18. The van der Waals surface area contributed by atoms with Crippen LogP contribution in [0.15, 0.2) is 23.0 Å². The fraction of sp³-hybridized carbons (Fsp3) is 0.462. The van der Waals surface area contributed by atoms with E-state index < -0.39 is 0 Å². The van der Waals surface area contributed by atoms with E-state index in [0.717, 1.165) is 19.5 Å². The molecule has 0 bridgehead atoms. The van der Waals surface area contributed by atoms with Crippen LogP contribution < -0.4 is 5.69 Å². The maximum Gasteiger partial charge on any atom is 0.326 e. The Balaban J connectivity index is 2.01. The van der Waals surface area contributed by atoms with Crippen LogP contribution in [-0.4, -0.2) is 39.7 Å². The number of aromatic amines is 1. The van der Waals surface area contributed by atoms with Gasteiger partial charge in [0.25, 0.3) is 0 Å². The topological polar surface area (TPSA) is 61.3 Å². The average Bonchev–Trinajstić information content (AvgIpc) is 2.85. The summed E-state index contributed by atoms with van der Waals surface area (Å²) < 4.78 is 1.66. The van der Waals surface area contributed by atoms with Gasteiger partial charge in [0.2, 0.25) is 0 Å². The van der Waals surface area contributed by atoms with Gasteiger partial charge in [-0.2, -0.15) is 0 Å². The van der Waals surface area contributed by atoms with Gasteiger partial charge in [0.05, 0.1) is 5.52 Å². The van der Waals surface area contributed by atoms with Gasteiger partial charge in [0.15, 0.2) is 0 Å². The lowest BCUT2D eigenvalue weighted by Crippen LogP contribution is -2.23. The van der Waals surface area contributed by atoms with E-state index in [4.69, 9.17) is 0 Å². The van der Waals surface area contributed by atoms with Crippen molar-refractivity contribution in [1.82, 2.24) is 14.5 Å². The molecule has 5 heteroatoms. The fourth-order valence-electron chi connectivity index (χ4n) is 2.81. The summed E-state index contributed by atoms with van der Waals surface area (Å²) in [5.74, 6) is 0.642. The molecule has 2 N–H and O–H groups in total. The van der Waals surface area contributed by atoms with E-state index in [0.29, 0.717) is 23.5 Å². The zero-order valence-corrected chi connectivity index (χ0v) is 10.4. The number of rotatable bonds is 2. The highest BCUT2D eigenvalue weighted by Gasteiger charge is 2.22. The predicted octanol–water partition coefficient (Wildman–Crippen LogP) is 0.987. The Bertz CT molecular complexity index is 629. The normalized spacial score (nSPS) is 20.8. The van der Waals surface area contributed by atoms with E-state index in [2.05, 4.69) is 16.9 Å². The summed E-state index contributed by atoms with van der Waals surface area (Å²) in [6, 6.07) is 5.17. The molecule has 0 saturated carbocycles. The van der Waals surface area contributed by atoms with E-state index in [-0.39, 0.29) is 11.4 Å². The van der Waals surface area contributed by atoms with Crippen molar-refractivity contribution in [3.05, 3.63) is 28.7 Å². The average molecular weight is 247 g/mol. The lowest BCUT2D eigenvalue weighted by Gasteiger charge is -2.11. The molecule has 3 rings (SSSR count). The minimum atomic E-state index is -0.138. The van der Waals surface area contributed by atoms with Crippen LogP contribution >= 0.6 is 0 Å². The van der Waals surface area contributed by atoms with Crippen molar-refractivity contribution < 1.29 is 5.11 Å². The molecule has 0 spiro atoms. The summed E-state index contributed by atoms with van der Waals surface area (Å²) in [5, 5.41) is 9.90. The maximum absolute atomic E-state index is 11.9. The number of para-hydroxylation sites is 1. The molecule has 1 aliphatic heterocycles. The molecule has 1 saturated heterocycles. The van der Waals surface area contributed by atoms with Crippen LogP contribution in [-0.2, 0) is 6.54 Å². The Labute approximate surface area is 105 Å². The van der Waals surface area contributed by atoms with Gasteiger partial charge < -0.3 is 15.0 Å². The largest absolute Gasteiger partial charge is 0.506 e. The Hall–Kier alpha value is -1.75. The van der Waals surface area contributed by atoms with Crippen LogP contribution in [0, 0.1) is 5.92 Å². The van der Waals surface area contributed by atoms with Crippen LogP contribution in [0.4, 0.5) is 0 Å². The number of imidazole rings is 1. The Morgan fingerprint density at radius 1 is 1.50 bits per heavy atom. The molecule has 18 heavy (non-hydrogen) atoms. The molecule has 1 atom stereocenters. The van der Waals surface area contributed by atoms with Crippen LogP contribution in [0.25, 0.3) is 11.0 Å². The molecule has 5 nitrogen and oxygen atoms in total. The highest BCUT2D eigenvalue weighted by atomic mass is 16.3. The molecule has 2 heterocycles. The van der Waals surface area contributed by atoms with Crippen molar-refractivity contribution in [3.8, 4) is 5.75 Å². The van der Waals surface area contributed by atoms with Crippen molar-refractivity contribution in [2.75, 3.05) is 20.1 Å². The number of nitrogens with zero attached hydrogens (tertiary/aromatic N) is 2. The SMILES string of the molecule is CN1CCC(Cn2c(=O)[nH]c3cccc(O)c32)C1. The van der Waals surface area contributed by atoms with Crippen molar-refractivity contribution in [2.45, 2.75) is 13.0 Å². The second-order valence-electron chi connectivity index (χ2n) is 5.13. The van der Waals surface area contributed by atoms with E-state index in [9.17, 15) is 9.90 Å². The molecule has 1 aromatic heterocycles. The highest BCUT2D eigenvalue weighted by molar-refractivity contribution is 5.81. The second-order valence-corrected chi connectivity index (χ2v) is 5.13. The third kappa shape index (κ3) is 1.80. The van der Waals surface area contributed by atoms with Gasteiger partial charge in [-0.3, -0.25) is 4.57 Å². The summed E-state index contributed by atoms with van der Waals surface area (Å²) in [7, 11) is 2.09. The molecule has 0 radical (unpaired) electrons. The molecular weight excluding hydrogens is 230 g/mol. The standard InChI is InChI=1S/C13H17N3O2/c1-15-6-5-9(7-15)8-16-12-10(14-13(16)18)3-2-4-11(12)17/h2-4,9,17H,5-8H2,1H3,(H,14,18). The van der Waals surface area contributed by atoms with Gasteiger partial charge in [-0.05, 0) is 38.1 Å². The van der Waals surface area contributed by atoms with E-state index in [1.807, 2.05) is 6.07 Å². The molecule has 1 aromatic carbocycles. The van der Waals surface area contributed by atoms with E-state index in [1.54, 1.807) is 16.7 Å². The quantitative estimate of drug-likeness (QED) is 0.832. The van der Waals surface area contributed by atoms with Crippen LogP contribution in [0.2, 0.25) is 0 Å². The van der Waals surface area contributed by atoms with Crippen molar-refractivity contribution in [3.63, 3.8) is 0 Å². The summed E-state index contributed by atoms with van der Waals surface area (Å²) in [6.45, 7) is 2.75. The minimum Gasteiger partial charge on any atom is -0.506 e. The number of benzene rings is 1. The van der Waals surface area contributed by atoms with E-state index >= 15 is 0 Å². The van der Waals surface area contributed by atoms with Gasteiger partial charge in [-0.15, -0.1) is 0 Å². The van der Waals surface area contributed by atoms with Crippen LogP contribution in [0.1, 0.15) is 6.42 Å². The third-order valence-electron chi connectivity index (χ3n) is 3.70. The Morgan fingerprint density at radius 3 is 3.06 bits per heavy atom. The number of fused-ring (bicyclic) bond motifs is 1. The highest BCUT2D eigenvalue weighted by Crippen LogP contribution is 2.24. The molecule has 96 valence electrons. The van der Waals surface area contributed by atoms with Crippen molar-refractivity contribution in [1.29, 1.82) is 0 Å². The van der Waals surface area contributed by atoms with Crippen molar-refractivity contribution >= 4 is 11.0 Å². The number of nitrogens with one attached hydrogen (secondary N) is 1. The first-order chi connectivity index (χ1) is 8.65. The first kappa shape index (κ1) is 11.3. The molecule has 1 aliphatic rings. The molecule has 0 aliphatic carbocycles. The number of H-pyrrole nitrogens is 1. The second kappa shape index (κ2) is 4.17. The number of phenols is 1. The lowest BCUT2D eigenvalue weighted by molar-refractivity contribution is 0.377. The molecular formula is C13H17N3O2. The zero-order valence-electron chi connectivity index (χ0n) is 10.4. The van der Waals surface area contributed by atoms with Crippen LogP contribution in [0.5, 0.6) is 5.75 Å². The molecule has 0 amide bonds. The smallest absolute Gasteiger partial charge is 0.326 e. The van der Waals surface area contributed by atoms with Gasteiger partial charge in [-0.1, -0.05) is 6.07 Å². The summed E-state index contributed by atoms with van der Waals surface area (Å²) in [4.78, 5) is 17.0. The predicted molar refractivity (Wildman–Crippen MR) is 69.8 cm³/mol. The first-order valence-electron chi connectivity index (χ1n) is 6.24. The summed E-state index contributed by atoms with van der Waals surface area (Å²) >= 11 is 0. The van der Waals surface area contributed by atoms with Crippen molar-refractivity contribution in [2.24, 2.45) is 5.92 Å². The lowest BCUT2D eigenvalue weighted by atomic mass is 10.1. The monoisotopic (exact) mass is 247 g/mol. The zero-order chi connectivity index (χ0) is 12.7. The van der Waals surface area contributed by atoms with Gasteiger partial charge >= 0.3 is 5.69 Å². The first-order valence-corrected chi connectivity index (χ1v) is 6.24.